The number of piperidine rings is 1. The van der Waals surface area contributed by atoms with Gasteiger partial charge in [0.05, 0.1) is 0 Å². The van der Waals surface area contributed by atoms with Crippen LogP contribution in [0.15, 0.2) is 0 Å². The molecule has 2 aliphatic rings. The highest BCUT2D eigenvalue weighted by molar-refractivity contribution is 5.10. The second kappa shape index (κ2) is 1.96. The monoisotopic (exact) mass is 126 g/mol. The van der Waals surface area contributed by atoms with E-state index in [2.05, 4.69) is 17.7 Å². The zero-order valence-electron chi connectivity index (χ0n) is 5.85. The summed E-state index contributed by atoms with van der Waals surface area (Å²) in [4.78, 5) is 0. The predicted molar refractivity (Wildman–Crippen MR) is 37.4 cm³/mol. The number of hydrogen-bond donors (Lipinski definition) is 2. The molecule has 2 N–H and O–H groups in total. The van der Waals surface area contributed by atoms with Gasteiger partial charge in [0, 0.05) is 12.1 Å². The Hall–Kier alpha value is -0.0800. The van der Waals surface area contributed by atoms with Gasteiger partial charge in [-0.05, 0) is 32.4 Å². The second-order valence-corrected chi connectivity index (χ2v) is 3.10. The molecule has 1 saturated heterocycles. The number of fused-ring (bicyclic) bond motifs is 1. The van der Waals surface area contributed by atoms with Crippen LogP contribution in [0.25, 0.3) is 0 Å². The van der Waals surface area contributed by atoms with Gasteiger partial charge in [-0.25, -0.2) is 0 Å². The lowest BCUT2D eigenvalue weighted by atomic mass is 10.2. The van der Waals surface area contributed by atoms with Crippen molar-refractivity contribution in [2.45, 2.75) is 24.9 Å². The fourth-order valence-electron chi connectivity index (χ4n) is 2.01. The number of nitrogens with one attached hydrogen (secondary N) is 2. The van der Waals surface area contributed by atoms with Crippen LogP contribution in [0.5, 0.6) is 0 Å². The molecule has 52 valence electrons. The summed E-state index contributed by atoms with van der Waals surface area (Å²) < 4.78 is 0. The highest BCUT2D eigenvalue weighted by Crippen LogP contribution is 2.37. The maximum absolute atomic E-state index is 3.49. The number of hydrogen-bond acceptors (Lipinski definition) is 2. The maximum Gasteiger partial charge on any atom is 0.0268 e. The molecule has 1 saturated carbocycles. The van der Waals surface area contributed by atoms with Crippen molar-refractivity contribution in [3.8, 4) is 0 Å². The average Bonchev–Trinajstić information content (AvgIpc) is 2.60. The van der Waals surface area contributed by atoms with Crippen LogP contribution in [0.3, 0.4) is 0 Å². The van der Waals surface area contributed by atoms with E-state index < -0.39 is 0 Å². The van der Waals surface area contributed by atoms with Crippen molar-refractivity contribution < 1.29 is 0 Å². The van der Waals surface area contributed by atoms with E-state index in [0.29, 0.717) is 0 Å². The summed E-state index contributed by atoms with van der Waals surface area (Å²) in [5, 5.41) is 6.81. The van der Waals surface area contributed by atoms with Crippen LogP contribution in [0.2, 0.25) is 0 Å². The highest BCUT2D eigenvalue weighted by atomic mass is 15.1. The molecular formula is C7H14N2. The van der Waals surface area contributed by atoms with Crippen molar-refractivity contribution in [1.82, 2.24) is 10.6 Å². The molecule has 0 aromatic rings. The Morgan fingerprint density at radius 3 is 3.00 bits per heavy atom. The van der Waals surface area contributed by atoms with Gasteiger partial charge in [-0.3, -0.25) is 0 Å². The SMILES string of the molecule is CNC1[C@H]2CCCN[C@@H]12. The normalized spacial score (nSPS) is 48.3. The van der Waals surface area contributed by atoms with Gasteiger partial charge in [0.1, 0.15) is 0 Å². The highest BCUT2D eigenvalue weighted by Gasteiger charge is 2.49. The molecule has 2 fully saturated rings. The minimum atomic E-state index is 0.799. The van der Waals surface area contributed by atoms with Crippen molar-refractivity contribution in [2.24, 2.45) is 5.92 Å². The van der Waals surface area contributed by atoms with Gasteiger partial charge in [0.25, 0.3) is 0 Å². The van der Waals surface area contributed by atoms with Crippen molar-refractivity contribution in [1.29, 1.82) is 0 Å². The molecule has 0 bridgehead atoms. The average molecular weight is 126 g/mol. The molecule has 2 rings (SSSR count). The van der Waals surface area contributed by atoms with E-state index in [4.69, 9.17) is 0 Å². The van der Waals surface area contributed by atoms with Crippen LogP contribution in [-0.4, -0.2) is 25.7 Å². The topological polar surface area (TPSA) is 24.1 Å². The third-order valence-corrected chi connectivity index (χ3v) is 2.60. The zero-order chi connectivity index (χ0) is 6.27. The first kappa shape index (κ1) is 5.69. The van der Waals surface area contributed by atoms with E-state index >= 15 is 0 Å². The van der Waals surface area contributed by atoms with Gasteiger partial charge < -0.3 is 10.6 Å². The molecule has 0 amide bonds. The first-order valence-electron chi connectivity index (χ1n) is 3.84. The van der Waals surface area contributed by atoms with Crippen molar-refractivity contribution in [2.75, 3.05) is 13.6 Å². The lowest BCUT2D eigenvalue weighted by Crippen LogP contribution is -2.26. The fourth-order valence-corrected chi connectivity index (χ4v) is 2.01. The van der Waals surface area contributed by atoms with E-state index in [1.54, 1.807) is 0 Å². The summed E-state index contributed by atoms with van der Waals surface area (Å²) in [6.07, 6.45) is 2.81. The maximum atomic E-state index is 3.49. The van der Waals surface area contributed by atoms with Crippen LogP contribution in [0.1, 0.15) is 12.8 Å². The first-order valence-corrected chi connectivity index (χ1v) is 3.84. The minimum absolute atomic E-state index is 0.799. The van der Waals surface area contributed by atoms with Crippen LogP contribution in [0.4, 0.5) is 0 Å². The van der Waals surface area contributed by atoms with Gasteiger partial charge in [-0.2, -0.15) is 0 Å². The second-order valence-electron chi connectivity index (χ2n) is 3.10. The summed E-state index contributed by atoms with van der Waals surface area (Å²) in [5.74, 6) is 0.962. The minimum Gasteiger partial charge on any atom is -0.315 e. The molecular weight excluding hydrogens is 112 g/mol. The molecule has 2 heteroatoms. The molecule has 3 atom stereocenters. The molecule has 1 heterocycles. The Morgan fingerprint density at radius 1 is 1.56 bits per heavy atom. The van der Waals surface area contributed by atoms with Gasteiger partial charge in [0.15, 0.2) is 0 Å². The van der Waals surface area contributed by atoms with Gasteiger partial charge in [-0.15, -0.1) is 0 Å². The Balaban J connectivity index is 1.91. The summed E-state index contributed by atoms with van der Waals surface area (Å²) in [7, 11) is 2.06. The lowest BCUT2D eigenvalue weighted by molar-refractivity contribution is 0.505. The van der Waals surface area contributed by atoms with Gasteiger partial charge >= 0.3 is 0 Å². The van der Waals surface area contributed by atoms with Crippen molar-refractivity contribution >= 4 is 0 Å². The standard InChI is InChI=1S/C7H14N2/c1-8-6-5-3-2-4-9-7(5)6/h5-9H,2-4H2,1H3/t5-,6?,7-/m1/s1. The molecule has 0 aromatic carbocycles. The molecule has 0 spiro atoms. The zero-order valence-corrected chi connectivity index (χ0v) is 5.85. The summed E-state index contributed by atoms with van der Waals surface area (Å²) in [6, 6.07) is 1.62. The van der Waals surface area contributed by atoms with Crippen LogP contribution >= 0.6 is 0 Å². The molecule has 0 aromatic heterocycles. The van der Waals surface area contributed by atoms with E-state index in [1.165, 1.54) is 19.4 Å². The van der Waals surface area contributed by atoms with Crippen molar-refractivity contribution in [3.05, 3.63) is 0 Å². The molecule has 1 aliphatic heterocycles. The predicted octanol–water partition coefficient (Wildman–Crippen LogP) is -0.0438. The van der Waals surface area contributed by atoms with E-state index in [-0.39, 0.29) is 0 Å². The molecule has 2 nitrogen and oxygen atoms in total. The van der Waals surface area contributed by atoms with Crippen LogP contribution in [0, 0.1) is 5.92 Å². The Kier molecular flexibility index (Phi) is 1.24. The Morgan fingerprint density at radius 2 is 2.44 bits per heavy atom. The van der Waals surface area contributed by atoms with Crippen molar-refractivity contribution in [3.63, 3.8) is 0 Å². The third kappa shape index (κ3) is 0.775. The van der Waals surface area contributed by atoms with Gasteiger partial charge in [-0.1, -0.05) is 0 Å². The number of likely N-dealkylation sites (N-methyl/N-ethyl adjacent to an activating group) is 1. The molecule has 0 radical (unpaired) electrons. The fraction of sp³-hybridized carbons (Fsp3) is 1.00. The van der Waals surface area contributed by atoms with E-state index in [1.807, 2.05) is 0 Å². The smallest absolute Gasteiger partial charge is 0.0268 e. The Bertz CT molecular complexity index is 94.7. The first-order chi connectivity index (χ1) is 4.43. The van der Waals surface area contributed by atoms with E-state index in [9.17, 15) is 0 Å². The lowest BCUT2D eigenvalue weighted by Gasteiger charge is -2.07. The Labute approximate surface area is 56.0 Å². The van der Waals surface area contributed by atoms with Crippen LogP contribution in [-0.2, 0) is 0 Å². The summed E-state index contributed by atoms with van der Waals surface area (Å²) in [5.41, 5.74) is 0. The largest absolute Gasteiger partial charge is 0.315 e. The molecule has 9 heavy (non-hydrogen) atoms. The van der Waals surface area contributed by atoms with Gasteiger partial charge in [0.2, 0.25) is 0 Å². The summed E-state index contributed by atoms with van der Waals surface area (Å²) in [6.45, 7) is 1.24. The molecule has 1 aliphatic carbocycles. The summed E-state index contributed by atoms with van der Waals surface area (Å²) >= 11 is 0. The third-order valence-electron chi connectivity index (χ3n) is 2.60. The van der Waals surface area contributed by atoms with Crippen LogP contribution < -0.4 is 10.6 Å². The van der Waals surface area contributed by atoms with E-state index in [0.717, 1.165) is 18.0 Å². The quantitative estimate of drug-likeness (QED) is 0.515. The number of rotatable bonds is 1. The molecule has 1 unspecified atom stereocenters.